The number of hydrogen-bond acceptors (Lipinski definition) is 3. The third-order valence-electron chi connectivity index (χ3n) is 6.51. The van der Waals surface area contributed by atoms with Crippen molar-refractivity contribution in [3.63, 3.8) is 0 Å². The van der Waals surface area contributed by atoms with E-state index >= 15 is 0 Å². The lowest BCUT2D eigenvalue weighted by Gasteiger charge is -2.30. The molecular weight excluding hydrogens is 487 g/mol. The van der Waals surface area contributed by atoms with E-state index in [2.05, 4.69) is 18.7 Å². The zero-order valence-corrected chi connectivity index (χ0v) is 21.4. The van der Waals surface area contributed by atoms with E-state index in [0.29, 0.717) is 47.8 Å². The monoisotopic (exact) mass is 519 g/mol. The van der Waals surface area contributed by atoms with Gasteiger partial charge in [-0.3, -0.25) is 0 Å². The van der Waals surface area contributed by atoms with E-state index < -0.39 is 17.3 Å². The molecule has 0 aliphatic rings. The van der Waals surface area contributed by atoms with Gasteiger partial charge in [0.1, 0.15) is 18.0 Å². The Labute approximate surface area is 216 Å². The van der Waals surface area contributed by atoms with Gasteiger partial charge >= 0.3 is 6.18 Å². The lowest BCUT2D eigenvalue weighted by atomic mass is 9.81. The summed E-state index contributed by atoms with van der Waals surface area (Å²) in [4.78, 5) is 2.26. The summed E-state index contributed by atoms with van der Waals surface area (Å²) in [6.07, 6.45) is -2.77. The van der Waals surface area contributed by atoms with Crippen LogP contribution in [0.15, 0.2) is 72.8 Å². The van der Waals surface area contributed by atoms with E-state index in [1.165, 1.54) is 12.1 Å². The Morgan fingerprint density at radius 3 is 1.86 bits per heavy atom. The van der Waals surface area contributed by atoms with Crippen molar-refractivity contribution >= 4 is 11.6 Å². The summed E-state index contributed by atoms with van der Waals surface area (Å²) < 4.78 is 45.2. The molecule has 0 saturated heterocycles. The van der Waals surface area contributed by atoms with Gasteiger partial charge in [-0.1, -0.05) is 61.8 Å². The fourth-order valence-electron chi connectivity index (χ4n) is 4.25. The predicted octanol–water partition coefficient (Wildman–Crippen LogP) is 7.34. The molecule has 1 N–H and O–H groups in total. The fraction of sp³-hybridized carbons (Fsp3) is 0.379. The zero-order valence-electron chi connectivity index (χ0n) is 20.7. The molecule has 1 unspecified atom stereocenters. The van der Waals surface area contributed by atoms with E-state index in [0.717, 1.165) is 37.3 Å². The fourth-order valence-corrected chi connectivity index (χ4v) is 4.37. The molecule has 0 radical (unpaired) electrons. The maximum absolute atomic E-state index is 13.1. The van der Waals surface area contributed by atoms with Gasteiger partial charge in [-0.05, 0) is 85.4 Å². The van der Waals surface area contributed by atoms with Crippen LogP contribution in [0.25, 0.3) is 0 Å². The van der Waals surface area contributed by atoms with Gasteiger partial charge in [0.25, 0.3) is 0 Å². The Bertz CT molecular complexity index is 1070. The molecule has 3 rings (SSSR count). The van der Waals surface area contributed by atoms with Crippen molar-refractivity contribution in [2.45, 2.75) is 44.9 Å². The molecule has 36 heavy (non-hydrogen) atoms. The van der Waals surface area contributed by atoms with Crippen LogP contribution in [0.2, 0.25) is 5.02 Å². The minimum atomic E-state index is -4.44. The van der Waals surface area contributed by atoms with Gasteiger partial charge in [0, 0.05) is 11.6 Å². The first kappa shape index (κ1) is 28.0. The van der Waals surface area contributed by atoms with Gasteiger partial charge < -0.3 is 14.7 Å². The lowest BCUT2D eigenvalue weighted by Crippen LogP contribution is -2.28. The first-order chi connectivity index (χ1) is 17.2. The van der Waals surface area contributed by atoms with E-state index in [1.807, 2.05) is 24.3 Å². The van der Waals surface area contributed by atoms with Gasteiger partial charge in [-0.2, -0.15) is 13.2 Å². The van der Waals surface area contributed by atoms with Crippen molar-refractivity contribution in [1.29, 1.82) is 0 Å². The SMILES string of the molecule is CCN(CC)CCOc1ccc(C(O)(CCCc2ccc(Cl)cc2)c2ccc(C(F)(F)F)cc2)cc1. The van der Waals surface area contributed by atoms with Crippen LogP contribution in [0.5, 0.6) is 5.75 Å². The van der Waals surface area contributed by atoms with Crippen molar-refractivity contribution in [2.75, 3.05) is 26.2 Å². The summed E-state index contributed by atoms with van der Waals surface area (Å²) in [5, 5.41) is 12.5. The van der Waals surface area contributed by atoms with E-state index in [1.54, 1.807) is 24.3 Å². The average molecular weight is 520 g/mol. The molecule has 0 saturated carbocycles. The number of aliphatic hydroxyl groups is 1. The van der Waals surface area contributed by atoms with Crippen LogP contribution in [0, 0.1) is 0 Å². The average Bonchev–Trinajstić information content (AvgIpc) is 2.87. The van der Waals surface area contributed by atoms with Crippen molar-refractivity contribution in [1.82, 2.24) is 4.90 Å². The lowest BCUT2D eigenvalue weighted by molar-refractivity contribution is -0.137. The van der Waals surface area contributed by atoms with Crippen LogP contribution in [0.1, 0.15) is 48.9 Å². The molecule has 0 fully saturated rings. The minimum absolute atomic E-state index is 0.336. The minimum Gasteiger partial charge on any atom is -0.492 e. The summed E-state index contributed by atoms with van der Waals surface area (Å²) in [7, 11) is 0. The number of alkyl halides is 3. The number of ether oxygens (including phenoxy) is 1. The number of hydrogen-bond donors (Lipinski definition) is 1. The molecule has 0 aliphatic heterocycles. The Morgan fingerprint density at radius 1 is 0.806 bits per heavy atom. The van der Waals surface area contributed by atoms with E-state index in [4.69, 9.17) is 16.3 Å². The predicted molar refractivity (Wildman–Crippen MR) is 139 cm³/mol. The Balaban J connectivity index is 1.79. The van der Waals surface area contributed by atoms with Gasteiger partial charge in [0.05, 0.1) is 5.56 Å². The van der Waals surface area contributed by atoms with Crippen LogP contribution in [0.4, 0.5) is 13.2 Å². The second-order valence-electron chi connectivity index (χ2n) is 8.82. The highest BCUT2D eigenvalue weighted by Gasteiger charge is 2.34. The third kappa shape index (κ3) is 7.48. The van der Waals surface area contributed by atoms with Crippen molar-refractivity contribution in [2.24, 2.45) is 0 Å². The van der Waals surface area contributed by atoms with Crippen LogP contribution < -0.4 is 4.74 Å². The molecule has 0 aliphatic carbocycles. The number of rotatable bonds is 12. The molecule has 3 nitrogen and oxygen atoms in total. The van der Waals surface area contributed by atoms with E-state index in [9.17, 15) is 18.3 Å². The largest absolute Gasteiger partial charge is 0.492 e. The molecule has 0 bridgehead atoms. The Kier molecular flexibility index (Phi) is 9.83. The highest BCUT2D eigenvalue weighted by molar-refractivity contribution is 6.30. The third-order valence-corrected chi connectivity index (χ3v) is 6.76. The zero-order chi connectivity index (χ0) is 26.2. The van der Waals surface area contributed by atoms with Crippen molar-refractivity contribution < 1.29 is 23.0 Å². The number of nitrogens with zero attached hydrogens (tertiary/aromatic N) is 1. The highest BCUT2D eigenvalue weighted by atomic mass is 35.5. The topological polar surface area (TPSA) is 32.7 Å². The highest BCUT2D eigenvalue weighted by Crippen LogP contribution is 2.37. The Morgan fingerprint density at radius 2 is 1.33 bits per heavy atom. The molecule has 194 valence electrons. The molecular formula is C29H33ClF3NO2. The number of aryl methyl sites for hydroxylation is 1. The number of benzene rings is 3. The normalized spacial score (nSPS) is 13.6. The second-order valence-corrected chi connectivity index (χ2v) is 9.25. The molecule has 1 atom stereocenters. The van der Waals surface area contributed by atoms with E-state index in [-0.39, 0.29) is 0 Å². The van der Waals surface area contributed by atoms with Gasteiger partial charge in [-0.15, -0.1) is 0 Å². The van der Waals surface area contributed by atoms with Crippen LogP contribution in [-0.2, 0) is 18.2 Å². The van der Waals surface area contributed by atoms with Crippen molar-refractivity contribution in [3.8, 4) is 5.75 Å². The standard InChI is InChI=1S/C29H33ClF3NO2/c1-3-34(4-2)20-21-36-27-17-13-24(14-18-27)28(35,19-5-6-22-7-15-26(30)16-8-22)23-9-11-25(12-10-23)29(31,32)33/h7-18,35H,3-6,19-21H2,1-2H3. The first-order valence-corrected chi connectivity index (χ1v) is 12.6. The first-order valence-electron chi connectivity index (χ1n) is 12.3. The quantitative estimate of drug-likeness (QED) is 0.272. The smallest absolute Gasteiger partial charge is 0.416 e. The maximum atomic E-state index is 13.1. The van der Waals surface area contributed by atoms with Gasteiger partial charge in [0.2, 0.25) is 0 Å². The molecule has 3 aromatic carbocycles. The van der Waals surface area contributed by atoms with Crippen LogP contribution >= 0.6 is 11.6 Å². The maximum Gasteiger partial charge on any atom is 0.416 e. The molecule has 3 aromatic rings. The summed E-state index contributed by atoms with van der Waals surface area (Å²) in [5.74, 6) is 0.682. The molecule has 0 amide bonds. The van der Waals surface area contributed by atoms with Crippen molar-refractivity contribution in [3.05, 3.63) is 100 Å². The molecule has 0 heterocycles. The summed E-state index contributed by atoms with van der Waals surface area (Å²) >= 11 is 5.97. The number of likely N-dealkylation sites (N-methyl/N-ethyl adjacent to an activating group) is 1. The summed E-state index contributed by atoms with van der Waals surface area (Å²) in [6, 6.07) is 19.4. The van der Waals surface area contributed by atoms with Gasteiger partial charge in [-0.25, -0.2) is 0 Å². The Hall–Kier alpha value is -2.54. The number of halogens is 4. The summed E-state index contributed by atoms with van der Waals surface area (Å²) in [5.41, 5.74) is -0.0925. The molecule has 0 aromatic heterocycles. The van der Waals surface area contributed by atoms with Gasteiger partial charge in [0.15, 0.2) is 0 Å². The molecule has 7 heteroatoms. The van der Waals surface area contributed by atoms with Crippen LogP contribution in [-0.4, -0.2) is 36.2 Å². The van der Waals surface area contributed by atoms with Crippen LogP contribution in [0.3, 0.4) is 0 Å². The molecule has 0 spiro atoms. The second kappa shape index (κ2) is 12.6. The summed E-state index contributed by atoms with van der Waals surface area (Å²) in [6.45, 7) is 7.48.